The number of rotatable bonds is 6. The second kappa shape index (κ2) is 7.24. The minimum Gasteiger partial charge on any atom is -0.371 e. The van der Waals surface area contributed by atoms with Crippen molar-refractivity contribution in [2.75, 3.05) is 13.2 Å². The standard InChI is InChI=1S/C6H14BrO3Si/c1-4-8-11(9-5-2)10-6(3)7/h6H,4-5H2,1-3H3. The van der Waals surface area contributed by atoms with E-state index in [0.717, 1.165) is 0 Å². The molecule has 1 atom stereocenters. The SMILES string of the molecule is CCO[Si](OCC)OC(C)Br. The fourth-order valence-corrected chi connectivity index (χ4v) is 1.89. The van der Waals surface area contributed by atoms with Crippen LogP contribution in [0.4, 0.5) is 0 Å². The van der Waals surface area contributed by atoms with Gasteiger partial charge in [0.05, 0.1) is 0 Å². The predicted octanol–water partition coefficient (Wildman–Crippen LogP) is 1.80. The number of alkyl halides is 1. The molecule has 0 bridgehead atoms. The van der Waals surface area contributed by atoms with E-state index in [0.29, 0.717) is 13.2 Å². The quantitative estimate of drug-likeness (QED) is 0.525. The van der Waals surface area contributed by atoms with Crippen LogP contribution in [-0.2, 0) is 13.3 Å². The molecule has 11 heavy (non-hydrogen) atoms. The molecule has 67 valence electrons. The van der Waals surface area contributed by atoms with Crippen LogP contribution in [0.1, 0.15) is 20.8 Å². The van der Waals surface area contributed by atoms with Crippen LogP contribution < -0.4 is 0 Å². The Hall–Kier alpha value is 0.577. The van der Waals surface area contributed by atoms with E-state index < -0.39 is 9.53 Å². The van der Waals surface area contributed by atoms with Gasteiger partial charge >= 0.3 is 9.53 Å². The molecule has 0 spiro atoms. The van der Waals surface area contributed by atoms with Crippen LogP contribution >= 0.6 is 15.9 Å². The molecule has 3 nitrogen and oxygen atoms in total. The second-order valence-electron chi connectivity index (χ2n) is 1.78. The molecule has 0 aliphatic rings. The van der Waals surface area contributed by atoms with Crippen LogP contribution in [0, 0.1) is 0 Å². The molecule has 1 radical (unpaired) electrons. The lowest BCUT2D eigenvalue weighted by Gasteiger charge is -2.13. The van der Waals surface area contributed by atoms with Crippen molar-refractivity contribution in [1.82, 2.24) is 0 Å². The molecule has 0 rings (SSSR count). The average Bonchev–Trinajstić information content (AvgIpc) is 1.87. The van der Waals surface area contributed by atoms with Gasteiger partial charge in [-0.3, -0.25) is 0 Å². The Morgan fingerprint density at radius 3 is 2.00 bits per heavy atom. The first-order valence-corrected chi connectivity index (χ1v) is 5.78. The van der Waals surface area contributed by atoms with Gasteiger partial charge in [0.2, 0.25) is 0 Å². The molecule has 0 heterocycles. The summed E-state index contributed by atoms with van der Waals surface area (Å²) in [5.74, 6) is 0. The maximum absolute atomic E-state index is 5.31. The zero-order valence-corrected chi connectivity index (χ0v) is 9.68. The molecule has 0 saturated heterocycles. The van der Waals surface area contributed by atoms with Gasteiger partial charge in [-0.2, -0.15) is 0 Å². The van der Waals surface area contributed by atoms with E-state index in [-0.39, 0.29) is 5.01 Å². The van der Waals surface area contributed by atoms with Crippen molar-refractivity contribution in [3.63, 3.8) is 0 Å². The summed E-state index contributed by atoms with van der Waals surface area (Å²) in [6, 6.07) is 0. The van der Waals surface area contributed by atoms with E-state index in [2.05, 4.69) is 15.9 Å². The van der Waals surface area contributed by atoms with E-state index in [1.165, 1.54) is 0 Å². The van der Waals surface area contributed by atoms with Crippen molar-refractivity contribution >= 4 is 25.5 Å². The van der Waals surface area contributed by atoms with Gasteiger partial charge in [0.15, 0.2) is 0 Å². The third kappa shape index (κ3) is 6.96. The minimum atomic E-state index is -1.49. The van der Waals surface area contributed by atoms with Gasteiger partial charge in [-0.1, -0.05) is 15.9 Å². The molecule has 0 aromatic rings. The third-order valence-corrected chi connectivity index (χ3v) is 2.91. The van der Waals surface area contributed by atoms with E-state index in [1.807, 2.05) is 20.8 Å². The van der Waals surface area contributed by atoms with Gasteiger partial charge in [-0.05, 0) is 20.8 Å². The van der Waals surface area contributed by atoms with Gasteiger partial charge in [0.1, 0.15) is 5.01 Å². The Bertz CT molecular complexity index is 85.9. The Kier molecular flexibility index (Phi) is 7.62. The first-order valence-electron chi connectivity index (χ1n) is 3.64. The Labute approximate surface area is 78.1 Å². The Balaban J connectivity index is 3.50. The van der Waals surface area contributed by atoms with Crippen molar-refractivity contribution in [3.05, 3.63) is 0 Å². The highest BCUT2D eigenvalue weighted by atomic mass is 79.9. The van der Waals surface area contributed by atoms with Gasteiger partial charge in [0, 0.05) is 13.2 Å². The third-order valence-electron chi connectivity index (χ3n) is 0.783. The van der Waals surface area contributed by atoms with Gasteiger partial charge < -0.3 is 13.3 Å². The summed E-state index contributed by atoms with van der Waals surface area (Å²) >= 11 is 3.26. The predicted molar refractivity (Wildman–Crippen MR) is 48.5 cm³/mol. The Morgan fingerprint density at radius 1 is 1.27 bits per heavy atom. The molecule has 5 heteroatoms. The number of hydrogen-bond donors (Lipinski definition) is 0. The highest BCUT2D eigenvalue weighted by Crippen LogP contribution is 2.03. The molecular formula is C6H14BrO3Si. The molecule has 1 unspecified atom stereocenters. The van der Waals surface area contributed by atoms with Crippen LogP contribution in [0.3, 0.4) is 0 Å². The molecule has 0 aromatic heterocycles. The highest BCUT2D eigenvalue weighted by Gasteiger charge is 2.19. The highest BCUT2D eigenvalue weighted by molar-refractivity contribution is 9.09. The lowest BCUT2D eigenvalue weighted by molar-refractivity contribution is 0.0994. The fourth-order valence-electron chi connectivity index (χ4n) is 0.478. The maximum atomic E-state index is 5.31. The van der Waals surface area contributed by atoms with E-state index in [9.17, 15) is 0 Å². The lowest BCUT2D eigenvalue weighted by Crippen LogP contribution is -2.29. The molecule has 0 saturated carbocycles. The summed E-state index contributed by atoms with van der Waals surface area (Å²) in [5.41, 5.74) is 0. The topological polar surface area (TPSA) is 27.7 Å². The lowest BCUT2D eigenvalue weighted by atomic mass is 10.9. The monoisotopic (exact) mass is 241 g/mol. The molecule has 0 fully saturated rings. The normalized spacial score (nSPS) is 13.9. The molecule has 0 N–H and O–H groups in total. The van der Waals surface area contributed by atoms with Crippen LogP contribution in [-0.4, -0.2) is 27.8 Å². The summed E-state index contributed by atoms with van der Waals surface area (Å²) < 4.78 is 15.7. The zero-order chi connectivity index (χ0) is 8.69. The van der Waals surface area contributed by atoms with Crippen molar-refractivity contribution in [1.29, 1.82) is 0 Å². The summed E-state index contributed by atoms with van der Waals surface area (Å²) in [6.07, 6.45) is 0. The van der Waals surface area contributed by atoms with Crippen molar-refractivity contribution < 1.29 is 13.3 Å². The van der Waals surface area contributed by atoms with Crippen molar-refractivity contribution in [3.8, 4) is 0 Å². The molecular weight excluding hydrogens is 228 g/mol. The van der Waals surface area contributed by atoms with Gasteiger partial charge in [0.25, 0.3) is 0 Å². The fraction of sp³-hybridized carbons (Fsp3) is 1.00. The van der Waals surface area contributed by atoms with Crippen LogP contribution in [0.5, 0.6) is 0 Å². The summed E-state index contributed by atoms with van der Waals surface area (Å²) in [6.45, 7) is 7.00. The van der Waals surface area contributed by atoms with E-state index in [1.54, 1.807) is 0 Å². The van der Waals surface area contributed by atoms with Crippen LogP contribution in [0.25, 0.3) is 0 Å². The van der Waals surface area contributed by atoms with Gasteiger partial charge in [-0.15, -0.1) is 0 Å². The van der Waals surface area contributed by atoms with Crippen molar-refractivity contribution in [2.45, 2.75) is 25.8 Å². The maximum Gasteiger partial charge on any atom is 0.578 e. The van der Waals surface area contributed by atoms with Crippen LogP contribution in [0.2, 0.25) is 0 Å². The minimum absolute atomic E-state index is 0.00510. The van der Waals surface area contributed by atoms with Gasteiger partial charge in [-0.25, -0.2) is 0 Å². The van der Waals surface area contributed by atoms with E-state index in [4.69, 9.17) is 13.3 Å². The second-order valence-corrected chi connectivity index (χ2v) is 4.38. The smallest absolute Gasteiger partial charge is 0.371 e. The average molecular weight is 242 g/mol. The number of halogens is 1. The summed E-state index contributed by atoms with van der Waals surface area (Å²) in [4.78, 5) is 0. The Morgan fingerprint density at radius 2 is 1.73 bits per heavy atom. The zero-order valence-electron chi connectivity index (χ0n) is 7.09. The summed E-state index contributed by atoms with van der Waals surface area (Å²) in [5, 5.41) is -0.00510. The molecule has 0 aliphatic carbocycles. The number of hydrogen-bond acceptors (Lipinski definition) is 3. The van der Waals surface area contributed by atoms with Crippen LogP contribution in [0.15, 0.2) is 0 Å². The molecule has 0 aliphatic heterocycles. The molecule has 0 amide bonds. The largest absolute Gasteiger partial charge is 0.578 e. The first-order chi connectivity index (χ1) is 5.20. The first kappa shape index (κ1) is 11.6. The molecule has 0 aromatic carbocycles. The van der Waals surface area contributed by atoms with E-state index >= 15 is 0 Å². The van der Waals surface area contributed by atoms with Crippen molar-refractivity contribution in [2.24, 2.45) is 0 Å². The summed E-state index contributed by atoms with van der Waals surface area (Å²) in [7, 11) is -1.49.